The van der Waals surface area contributed by atoms with E-state index in [2.05, 4.69) is 54.5 Å². The fourth-order valence-corrected chi connectivity index (χ4v) is 2.16. The summed E-state index contributed by atoms with van der Waals surface area (Å²) in [5, 5.41) is 12.4. The van der Waals surface area contributed by atoms with Crippen molar-refractivity contribution >= 4 is 5.82 Å². The van der Waals surface area contributed by atoms with Gasteiger partial charge in [0.1, 0.15) is 11.9 Å². The summed E-state index contributed by atoms with van der Waals surface area (Å²) in [5.41, 5.74) is 3.13. The summed E-state index contributed by atoms with van der Waals surface area (Å²) in [6.45, 7) is 4.26. The SMILES string of the molecule is CCCc1ccc([C@H](C)Nc2ncccc2C#N)cc1. The van der Waals surface area contributed by atoms with Gasteiger partial charge < -0.3 is 5.32 Å². The van der Waals surface area contributed by atoms with Gasteiger partial charge >= 0.3 is 0 Å². The molecular weight excluding hydrogens is 246 g/mol. The Hall–Kier alpha value is -2.34. The molecular formula is C17H19N3. The van der Waals surface area contributed by atoms with Gasteiger partial charge in [0.15, 0.2) is 0 Å². The van der Waals surface area contributed by atoms with Gasteiger partial charge in [-0.25, -0.2) is 4.98 Å². The number of hydrogen-bond donors (Lipinski definition) is 1. The molecule has 1 atom stereocenters. The van der Waals surface area contributed by atoms with E-state index in [9.17, 15) is 0 Å². The number of aryl methyl sites for hydroxylation is 1. The van der Waals surface area contributed by atoms with Crippen LogP contribution >= 0.6 is 0 Å². The molecule has 0 radical (unpaired) electrons. The number of nitrogens with zero attached hydrogens (tertiary/aromatic N) is 2. The molecule has 0 aliphatic carbocycles. The summed E-state index contributed by atoms with van der Waals surface area (Å²) in [7, 11) is 0. The molecule has 102 valence electrons. The highest BCUT2D eigenvalue weighted by molar-refractivity contribution is 5.52. The summed E-state index contributed by atoms with van der Waals surface area (Å²) in [5.74, 6) is 0.639. The van der Waals surface area contributed by atoms with Crippen molar-refractivity contribution in [3.63, 3.8) is 0 Å². The Morgan fingerprint density at radius 1 is 1.25 bits per heavy atom. The van der Waals surface area contributed by atoms with Gasteiger partial charge in [-0.15, -0.1) is 0 Å². The van der Waals surface area contributed by atoms with Crippen LogP contribution in [0.25, 0.3) is 0 Å². The number of nitrogens with one attached hydrogen (secondary N) is 1. The second kappa shape index (κ2) is 6.72. The average molecular weight is 265 g/mol. The fourth-order valence-electron chi connectivity index (χ4n) is 2.16. The molecule has 0 unspecified atom stereocenters. The highest BCUT2D eigenvalue weighted by Crippen LogP contribution is 2.20. The second-order valence-electron chi connectivity index (χ2n) is 4.87. The Bertz CT molecular complexity index is 596. The van der Waals surface area contributed by atoms with Crippen LogP contribution in [0.1, 0.15) is 43.0 Å². The Kier molecular flexibility index (Phi) is 4.73. The van der Waals surface area contributed by atoms with Crippen molar-refractivity contribution in [2.75, 3.05) is 5.32 Å². The average Bonchev–Trinajstić information content (AvgIpc) is 2.49. The lowest BCUT2D eigenvalue weighted by Crippen LogP contribution is -2.09. The molecule has 0 saturated carbocycles. The van der Waals surface area contributed by atoms with E-state index in [4.69, 9.17) is 5.26 Å². The van der Waals surface area contributed by atoms with E-state index < -0.39 is 0 Å². The van der Waals surface area contributed by atoms with Crippen LogP contribution in [0.15, 0.2) is 42.6 Å². The molecule has 0 fully saturated rings. The van der Waals surface area contributed by atoms with Crippen LogP contribution in [0.4, 0.5) is 5.82 Å². The van der Waals surface area contributed by atoms with Gasteiger partial charge in [-0.05, 0) is 36.6 Å². The predicted molar refractivity (Wildman–Crippen MR) is 81.4 cm³/mol. The van der Waals surface area contributed by atoms with E-state index in [1.807, 2.05) is 0 Å². The zero-order valence-corrected chi connectivity index (χ0v) is 11.9. The Balaban J connectivity index is 2.11. The van der Waals surface area contributed by atoms with E-state index >= 15 is 0 Å². The van der Waals surface area contributed by atoms with E-state index in [1.54, 1.807) is 18.3 Å². The molecule has 3 nitrogen and oxygen atoms in total. The standard InChI is InChI=1S/C17H19N3/c1-3-5-14-7-9-15(10-8-14)13(2)20-17-16(12-18)6-4-11-19-17/h4,6-11,13H,3,5H2,1-2H3,(H,19,20)/t13-/m0/s1. The number of anilines is 1. The maximum atomic E-state index is 9.07. The lowest BCUT2D eigenvalue weighted by molar-refractivity contribution is 0.867. The zero-order chi connectivity index (χ0) is 14.4. The fraction of sp³-hybridized carbons (Fsp3) is 0.294. The van der Waals surface area contributed by atoms with Gasteiger partial charge in [0.05, 0.1) is 5.56 Å². The van der Waals surface area contributed by atoms with Crippen LogP contribution < -0.4 is 5.32 Å². The van der Waals surface area contributed by atoms with Crippen molar-refractivity contribution in [2.24, 2.45) is 0 Å². The molecule has 1 N–H and O–H groups in total. The van der Waals surface area contributed by atoms with Crippen LogP contribution in [0.2, 0.25) is 0 Å². The monoisotopic (exact) mass is 265 g/mol. The normalized spacial score (nSPS) is 11.7. The molecule has 3 heteroatoms. The summed E-state index contributed by atoms with van der Waals surface area (Å²) < 4.78 is 0. The smallest absolute Gasteiger partial charge is 0.144 e. The van der Waals surface area contributed by atoms with Crippen LogP contribution in [-0.2, 0) is 6.42 Å². The molecule has 2 aromatic rings. The summed E-state index contributed by atoms with van der Waals surface area (Å²) in [4.78, 5) is 4.23. The minimum Gasteiger partial charge on any atom is -0.362 e. The largest absolute Gasteiger partial charge is 0.362 e. The first kappa shape index (κ1) is 14.1. The van der Waals surface area contributed by atoms with Crippen molar-refractivity contribution in [1.82, 2.24) is 4.98 Å². The number of rotatable bonds is 5. The van der Waals surface area contributed by atoms with E-state index in [0.29, 0.717) is 11.4 Å². The van der Waals surface area contributed by atoms with E-state index in [1.165, 1.54) is 11.1 Å². The quantitative estimate of drug-likeness (QED) is 0.886. The van der Waals surface area contributed by atoms with E-state index in [-0.39, 0.29) is 6.04 Å². The molecule has 0 aliphatic rings. The summed E-state index contributed by atoms with van der Waals surface area (Å²) >= 11 is 0. The van der Waals surface area contributed by atoms with Crippen molar-refractivity contribution in [1.29, 1.82) is 5.26 Å². The Morgan fingerprint density at radius 2 is 2.00 bits per heavy atom. The number of nitriles is 1. The van der Waals surface area contributed by atoms with Crippen molar-refractivity contribution < 1.29 is 0 Å². The van der Waals surface area contributed by atoms with Crippen molar-refractivity contribution in [3.05, 3.63) is 59.3 Å². The first-order valence-corrected chi connectivity index (χ1v) is 6.95. The van der Waals surface area contributed by atoms with E-state index in [0.717, 1.165) is 12.8 Å². The minimum atomic E-state index is 0.118. The molecule has 0 aliphatic heterocycles. The molecule has 0 amide bonds. The van der Waals surface area contributed by atoms with Crippen molar-refractivity contribution in [3.8, 4) is 6.07 Å². The van der Waals surface area contributed by atoms with Crippen LogP contribution in [0.3, 0.4) is 0 Å². The third-order valence-corrected chi connectivity index (χ3v) is 3.30. The lowest BCUT2D eigenvalue weighted by Gasteiger charge is -2.16. The third-order valence-electron chi connectivity index (χ3n) is 3.30. The number of aromatic nitrogens is 1. The molecule has 20 heavy (non-hydrogen) atoms. The van der Waals surface area contributed by atoms with Gasteiger partial charge in [-0.1, -0.05) is 37.6 Å². The first-order chi connectivity index (χ1) is 9.74. The van der Waals surface area contributed by atoms with Gasteiger partial charge in [0.25, 0.3) is 0 Å². The summed E-state index contributed by atoms with van der Waals surface area (Å²) in [6, 6.07) is 14.4. The first-order valence-electron chi connectivity index (χ1n) is 6.95. The van der Waals surface area contributed by atoms with Crippen LogP contribution in [-0.4, -0.2) is 4.98 Å². The highest BCUT2D eigenvalue weighted by Gasteiger charge is 2.09. The maximum Gasteiger partial charge on any atom is 0.144 e. The number of benzene rings is 1. The summed E-state index contributed by atoms with van der Waals surface area (Å²) in [6.07, 6.45) is 3.97. The molecule has 0 spiro atoms. The third kappa shape index (κ3) is 3.36. The predicted octanol–water partition coefficient (Wildman–Crippen LogP) is 4.08. The Morgan fingerprint density at radius 3 is 2.65 bits per heavy atom. The molecule has 0 bridgehead atoms. The van der Waals surface area contributed by atoms with Gasteiger partial charge in [-0.3, -0.25) is 0 Å². The highest BCUT2D eigenvalue weighted by atomic mass is 15.0. The topological polar surface area (TPSA) is 48.7 Å². The number of pyridine rings is 1. The second-order valence-corrected chi connectivity index (χ2v) is 4.87. The molecule has 1 heterocycles. The molecule has 2 rings (SSSR count). The Labute approximate surface area is 120 Å². The zero-order valence-electron chi connectivity index (χ0n) is 11.9. The molecule has 1 aromatic carbocycles. The lowest BCUT2D eigenvalue weighted by atomic mass is 10.0. The molecule has 1 aromatic heterocycles. The van der Waals surface area contributed by atoms with Gasteiger partial charge in [-0.2, -0.15) is 5.26 Å². The van der Waals surface area contributed by atoms with Gasteiger partial charge in [0, 0.05) is 12.2 Å². The number of hydrogen-bond acceptors (Lipinski definition) is 3. The maximum absolute atomic E-state index is 9.07. The van der Waals surface area contributed by atoms with Crippen molar-refractivity contribution in [2.45, 2.75) is 32.7 Å². The van der Waals surface area contributed by atoms with Crippen LogP contribution in [0.5, 0.6) is 0 Å². The minimum absolute atomic E-state index is 0.118. The van der Waals surface area contributed by atoms with Gasteiger partial charge in [0.2, 0.25) is 0 Å². The van der Waals surface area contributed by atoms with Crippen LogP contribution in [0, 0.1) is 11.3 Å². The molecule has 0 saturated heterocycles.